The van der Waals surface area contributed by atoms with E-state index < -0.39 is 35.8 Å². The number of rotatable bonds is 5. The number of ether oxygens (including phenoxy) is 1. The Hall–Kier alpha value is -3.81. The van der Waals surface area contributed by atoms with Crippen LogP contribution in [0.25, 0.3) is 16.7 Å². The van der Waals surface area contributed by atoms with Gasteiger partial charge in [-0.25, -0.2) is 9.18 Å². The summed E-state index contributed by atoms with van der Waals surface area (Å²) in [4.78, 5) is 14.3. The van der Waals surface area contributed by atoms with Crippen LogP contribution in [0.5, 0.6) is 5.75 Å². The highest BCUT2D eigenvalue weighted by Crippen LogP contribution is 2.40. The van der Waals surface area contributed by atoms with Crippen molar-refractivity contribution < 1.29 is 32.2 Å². The molecule has 1 heterocycles. The van der Waals surface area contributed by atoms with Crippen molar-refractivity contribution in [3.63, 3.8) is 0 Å². The maximum Gasteiger partial charge on any atom is 0.416 e. The monoisotopic (exact) mass is 513 g/mol. The summed E-state index contributed by atoms with van der Waals surface area (Å²) in [5.41, 5.74) is 3.14. The molecule has 3 aromatic rings. The highest BCUT2D eigenvalue weighted by Gasteiger charge is 2.41. The van der Waals surface area contributed by atoms with E-state index in [9.17, 15) is 27.5 Å². The summed E-state index contributed by atoms with van der Waals surface area (Å²) < 4.78 is 60.1. The van der Waals surface area contributed by atoms with E-state index in [-0.39, 0.29) is 23.4 Å². The van der Waals surface area contributed by atoms with Crippen LogP contribution in [0.4, 0.5) is 22.4 Å². The van der Waals surface area contributed by atoms with Crippen LogP contribution in [0.3, 0.4) is 0 Å². The van der Waals surface area contributed by atoms with Gasteiger partial charge in [0, 0.05) is 17.2 Å². The highest BCUT2D eigenvalue weighted by atomic mass is 19.4. The highest BCUT2D eigenvalue weighted by molar-refractivity contribution is 5.79. The maximum absolute atomic E-state index is 14.4. The van der Waals surface area contributed by atoms with Crippen LogP contribution in [0.2, 0.25) is 0 Å². The fraction of sp³-hybridized carbons (Fsp3) is 0.276. The lowest BCUT2D eigenvalue weighted by molar-refractivity contribution is -0.137. The zero-order valence-corrected chi connectivity index (χ0v) is 20.9. The number of alkyl halides is 3. The molecule has 1 amide bonds. The van der Waals surface area contributed by atoms with Gasteiger partial charge in [0.2, 0.25) is 0 Å². The van der Waals surface area contributed by atoms with Crippen molar-refractivity contribution in [1.29, 1.82) is 0 Å². The molecule has 0 unspecified atom stereocenters. The number of halogens is 4. The molecule has 37 heavy (non-hydrogen) atoms. The van der Waals surface area contributed by atoms with E-state index in [4.69, 9.17) is 4.74 Å². The lowest BCUT2D eigenvalue weighted by Crippen LogP contribution is -2.31. The molecule has 0 aliphatic carbocycles. The van der Waals surface area contributed by atoms with Crippen LogP contribution in [0, 0.1) is 19.7 Å². The fourth-order valence-electron chi connectivity index (χ4n) is 4.71. The Morgan fingerprint density at radius 2 is 1.76 bits per heavy atom. The maximum atomic E-state index is 14.4. The standard InChI is InChI=1S/C29H27F4NO3/c1-15(2)23-12-24(26(35)13-25(23)30)22-7-6-16(3)8-20(22)14-34-18(5)27(37-28(34)36)19-9-17(4)10-21(11-19)29(31,32)33/h6-13,18,27,35H,1,14H2,2-5H3/t18-,27-/m0/s1. The number of phenols is 1. The van der Waals surface area contributed by atoms with Gasteiger partial charge >= 0.3 is 12.3 Å². The fourth-order valence-corrected chi connectivity index (χ4v) is 4.71. The van der Waals surface area contributed by atoms with Crippen molar-refractivity contribution in [3.05, 3.63) is 94.3 Å². The second kappa shape index (κ2) is 9.57. The van der Waals surface area contributed by atoms with Crippen molar-refractivity contribution in [2.45, 2.75) is 52.6 Å². The summed E-state index contributed by atoms with van der Waals surface area (Å²) in [5, 5.41) is 10.6. The SMILES string of the molecule is C=C(C)c1cc(-c2ccc(C)cc2CN2C(=O)O[C@H](c3cc(C)cc(C(F)(F)F)c3)[C@@H]2C)c(O)cc1F. The average Bonchev–Trinajstić information content (AvgIpc) is 3.07. The predicted octanol–water partition coefficient (Wildman–Crippen LogP) is 7.95. The topological polar surface area (TPSA) is 49.8 Å². The van der Waals surface area contributed by atoms with E-state index in [0.717, 1.165) is 23.8 Å². The van der Waals surface area contributed by atoms with Crippen LogP contribution in [0.15, 0.2) is 55.1 Å². The molecule has 0 saturated carbocycles. The van der Waals surface area contributed by atoms with Crippen LogP contribution in [0.1, 0.15) is 53.3 Å². The molecule has 0 bridgehead atoms. The third-order valence-electron chi connectivity index (χ3n) is 6.58. The molecular formula is C29H27F4NO3. The largest absolute Gasteiger partial charge is 0.507 e. The first-order chi connectivity index (χ1) is 17.3. The van der Waals surface area contributed by atoms with Gasteiger partial charge in [-0.15, -0.1) is 0 Å². The van der Waals surface area contributed by atoms with Crippen LogP contribution in [-0.2, 0) is 17.5 Å². The second-order valence-corrected chi connectivity index (χ2v) is 9.59. The molecule has 1 aliphatic rings. The van der Waals surface area contributed by atoms with Crippen LogP contribution < -0.4 is 0 Å². The van der Waals surface area contributed by atoms with E-state index >= 15 is 0 Å². The lowest BCUT2D eigenvalue weighted by atomic mass is 9.93. The van der Waals surface area contributed by atoms with E-state index in [1.165, 1.54) is 11.0 Å². The molecule has 1 N–H and O–H groups in total. The number of cyclic esters (lactones) is 1. The number of aromatic hydroxyl groups is 1. The minimum Gasteiger partial charge on any atom is -0.507 e. The number of allylic oxidation sites excluding steroid dienone is 1. The number of hydrogen-bond acceptors (Lipinski definition) is 3. The first kappa shape index (κ1) is 26.3. The molecule has 8 heteroatoms. The number of amides is 1. The number of carbonyl (C=O) groups is 1. The first-order valence-corrected chi connectivity index (χ1v) is 11.7. The van der Waals surface area contributed by atoms with Gasteiger partial charge in [0.05, 0.1) is 18.2 Å². The van der Waals surface area contributed by atoms with Gasteiger partial charge < -0.3 is 9.84 Å². The van der Waals surface area contributed by atoms with Crippen molar-refractivity contribution in [2.75, 3.05) is 0 Å². The number of carbonyl (C=O) groups excluding carboxylic acids is 1. The van der Waals surface area contributed by atoms with Crippen molar-refractivity contribution >= 4 is 11.7 Å². The van der Waals surface area contributed by atoms with Crippen molar-refractivity contribution in [3.8, 4) is 16.9 Å². The number of hydrogen-bond donors (Lipinski definition) is 1. The summed E-state index contributed by atoms with van der Waals surface area (Å²) in [6, 6.07) is 11.1. The number of phenolic OH excluding ortho intramolecular Hbond substituents is 1. The third kappa shape index (κ3) is 5.19. The lowest BCUT2D eigenvalue weighted by Gasteiger charge is -2.23. The molecular weight excluding hydrogens is 486 g/mol. The smallest absolute Gasteiger partial charge is 0.416 e. The Morgan fingerprint density at radius 3 is 2.41 bits per heavy atom. The average molecular weight is 514 g/mol. The summed E-state index contributed by atoms with van der Waals surface area (Å²) in [6.45, 7) is 10.7. The predicted molar refractivity (Wildman–Crippen MR) is 133 cm³/mol. The van der Waals surface area contributed by atoms with E-state index in [1.807, 2.05) is 19.1 Å². The Kier molecular flexibility index (Phi) is 6.79. The Labute approximate surface area is 212 Å². The van der Waals surface area contributed by atoms with Gasteiger partial charge in [0.1, 0.15) is 17.7 Å². The molecule has 1 saturated heterocycles. The van der Waals surface area contributed by atoms with Gasteiger partial charge in [-0.3, -0.25) is 4.90 Å². The molecule has 0 spiro atoms. The van der Waals surface area contributed by atoms with Gasteiger partial charge in [-0.1, -0.05) is 42.0 Å². The summed E-state index contributed by atoms with van der Waals surface area (Å²) in [5.74, 6) is -0.861. The van der Waals surface area contributed by atoms with Gasteiger partial charge in [-0.2, -0.15) is 13.2 Å². The third-order valence-corrected chi connectivity index (χ3v) is 6.58. The first-order valence-electron chi connectivity index (χ1n) is 11.7. The van der Waals surface area contributed by atoms with Gasteiger partial charge in [0.15, 0.2) is 0 Å². The summed E-state index contributed by atoms with van der Waals surface area (Å²) in [7, 11) is 0. The van der Waals surface area contributed by atoms with Gasteiger partial charge in [-0.05, 0) is 68.2 Å². The van der Waals surface area contributed by atoms with Crippen molar-refractivity contribution in [1.82, 2.24) is 4.90 Å². The molecule has 2 atom stereocenters. The minimum absolute atomic E-state index is 0.0741. The Bertz CT molecular complexity index is 1400. The normalized spacial score (nSPS) is 17.7. The quantitative estimate of drug-likeness (QED) is 0.352. The molecule has 0 radical (unpaired) electrons. The molecule has 1 fully saturated rings. The van der Waals surface area contributed by atoms with E-state index in [2.05, 4.69) is 6.58 Å². The number of nitrogens with zero attached hydrogens (tertiary/aromatic N) is 1. The Morgan fingerprint density at radius 1 is 1.05 bits per heavy atom. The van der Waals surface area contributed by atoms with Crippen LogP contribution >= 0.6 is 0 Å². The zero-order valence-electron chi connectivity index (χ0n) is 20.9. The number of benzene rings is 3. The van der Waals surface area contributed by atoms with Gasteiger partial charge in [0.25, 0.3) is 0 Å². The minimum atomic E-state index is -4.53. The zero-order chi connectivity index (χ0) is 27.2. The van der Waals surface area contributed by atoms with Crippen LogP contribution in [-0.4, -0.2) is 22.1 Å². The van der Waals surface area contributed by atoms with Crippen molar-refractivity contribution in [2.24, 2.45) is 0 Å². The molecule has 4 rings (SSSR count). The number of aryl methyl sites for hydroxylation is 2. The summed E-state index contributed by atoms with van der Waals surface area (Å²) in [6.07, 6.45) is -6.08. The second-order valence-electron chi connectivity index (χ2n) is 9.59. The summed E-state index contributed by atoms with van der Waals surface area (Å²) >= 11 is 0. The molecule has 0 aromatic heterocycles. The molecule has 3 aromatic carbocycles. The van der Waals surface area contributed by atoms with E-state index in [1.54, 1.807) is 32.9 Å². The molecule has 4 nitrogen and oxygen atoms in total. The Balaban J connectivity index is 1.71. The van der Waals surface area contributed by atoms with E-state index in [0.29, 0.717) is 27.8 Å². The molecule has 194 valence electrons. The molecule has 1 aliphatic heterocycles.